The first-order valence-corrected chi connectivity index (χ1v) is 11.6. The molecule has 1 unspecified atom stereocenters. The Morgan fingerprint density at radius 1 is 1.32 bits per heavy atom. The number of carbonyl (C=O) groups excluding carboxylic acids is 1. The minimum atomic E-state index is -0.337. The summed E-state index contributed by atoms with van der Waals surface area (Å²) in [6.07, 6.45) is 1.82. The van der Waals surface area contributed by atoms with E-state index >= 15 is 0 Å². The molecule has 5 nitrogen and oxygen atoms in total. The molecule has 1 saturated heterocycles. The van der Waals surface area contributed by atoms with Crippen molar-refractivity contribution in [1.82, 2.24) is 14.5 Å². The van der Waals surface area contributed by atoms with Gasteiger partial charge in [-0.25, -0.2) is 9.37 Å². The number of carbonyl (C=O) groups is 1. The summed E-state index contributed by atoms with van der Waals surface area (Å²) in [5, 5.41) is 0.704. The Balaban J connectivity index is 1.67. The lowest BCUT2D eigenvalue weighted by Gasteiger charge is -2.35. The van der Waals surface area contributed by atoms with Crippen LogP contribution in [0.25, 0.3) is 10.2 Å². The lowest BCUT2D eigenvalue weighted by Crippen LogP contribution is -2.44. The van der Waals surface area contributed by atoms with Gasteiger partial charge in [-0.3, -0.25) is 14.2 Å². The molecule has 0 spiro atoms. The largest absolute Gasteiger partial charge is 0.340 e. The fourth-order valence-corrected chi connectivity index (χ4v) is 5.43. The third-order valence-electron chi connectivity index (χ3n) is 6.14. The van der Waals surface area contributed by atoms with E-state index in [9.17, 15) is 14.0 Å². The van der Waals surface area contributed by atoms with Crippen molar-refractivity contribution in [3.05, 3.63) is 62.3 Å². The standard InChI is InChI=1S/C24H28FN3O2S/c1-14(2)22-26-23-21(15(3)16(4)31-23)24(30)28(22)19-9-6-10-27(13-19)20(29)12-17-7-5-8-18(25)11-17/h5,7-8,11,14,19H,6,9-10,12-13H2,1-4H3. The number of likely N-dealkylation sites (tertiary alicyclic amines) is 1. The number of benzene rings is 1. The lowest BCUT2D eigenvalue weighted by atomic mass is 10.0. The fourth-order valence-electron chi connectivity index (χ4n) is 4.41. The molecule has 31 heavy (non-hydrogen) atoms. The van der Waals surface area contributed by atoms with Gasteiger partial charge in [0.15, 0.2) is 0 Å². The SMILES string of the molecule is Cc1sc2nc(C(C)C)n(C3CCCN(C(=O)Cc4cccc(F)c4)C3)c(=O)c2c1C. The Morgan fingerprint density at radius 2 is 2.10 bits per heavy atom. The van der Waals surface area contributed by atoms with Crippen LogP contribution in [0, 0.1) is 19.7 Å². The van der Waals surface area contributed by atoms with E-state index < -0.39 is 0 Å². The Hall–Kier alpha value is -2.54. The van der Waals surface area contributed by atoms with Crippen LogP contribution in [0.4, 0.5) is 4.39 Å². The predicted octanol–water partition coefficient (Wildman–Crippen LogP) is 4.74. The molecular formula is C24H28FN3O2S. The van der Waals surface area contributed by atoms with E-state index in [1.54, 1.807) is 23.5 Å². The van der Waals surface area contributed by atoms with E-state index in [-0.39, 0.29) is 35.7 Å². The van der Waals surface area contributed by atoms with Crippen molar-refractivity contribution < 1.29 is 9.18 Å². The molecule has 0 N–H and O–H groups in total. The number of nitrogens with zero attached hydrogens (tertiary/aromatic N) is 3. The highest BCUT2D eigenvalue weighted by atomic mass is 32.1. The lowest BCUT2D eigenvalue weighted by molar-refractivity contribution is -0.132. The number of hydrogen-bond donors (Lipinski definition) is 0. The predicted molar refractivity (Wildman–Crippen MR) is 122 cm³/mol. The number of fused-ring (bicyclic) bond motifs is 1. The molecule has 0 radical (unpaired) electrons. The van der Waals surface area contributed by atoms with Crippen LogP contribution in [0.3, 0.4) is 0 Å². The van der Waals surface area contributed by atoms with E-state index in [4.69, 9.17) is 4.98 Å². The van der Waals surface area contributed by atoms with Crippen LogP contribution in [0.2, 0.25) is 0 Å². The topological polar surface area (TPSA) is 55.2 Å². The summed E-state index contributed by atoms with van der Waals surface area (Å²) in [7, 11) is 0. The number of rotatable bonds is 4. The molecule has 1 aromatic carbocycles. The van der Waals surface area contributed by atoms with Crippen molar-refractivity contribution in [3.8, 4) is 0 Å². The fraction of sp³-hybridized carbons (Fsp3) is 0.458. The molecule has 164 valence electrons. The maximum Gasteiger partial charge on any atom is 0.262 e. The van der Waals surface area contributed by atoms with Crippen molar-refractivity contribution in [1.29, 1.82) is 0 Å². The molecule has 3 aromatic rings. The van der Waals surface area contributed by atoms with E-state index in [1.165, 1.54) is 12.1 Å². The van der Waals surface area contributed by atoms with Crippen LogP contribution < -0.4 is 5.56 Å². The number of thiophene rings is 1. The summed E-state index contributed by atoms with van der Waals surface area (Å²) in [6, 6.07) is 6.06. The van der Waals surface area contributed by atoms with Gasteiger partial charge in [-0.2, -0.15) is 0 Å². The third kappa shape index (κ3) is 4.15. The van der Waals surface area contributed by atoms with Crippen molar-refractivity contribution in [2.75, 3.05) is 13.1 Å². The zero-order chi connectivity index (χ0) is 22.3. The van der Waals surface area contributed by atoms with Crippen LogP contribution in [-0.2, 0) is 11.2 Å². The van der Waals surface area contributed by atoms with E-state index in [0.29, 0.717) is 24.0 Å². The Morgan fingerprint density at radius 3 is 2.81 bits per heavy atom. The zero-order valence-electron chi connectivity index (χ0n) is 18.4. The van der Waals surface area contributed by atoms with Gasteiger partial charge in [0.2, 0.25) is 5.91 Å². The van der Waals surface area contributed by atoms with Crippen molar-refractivity contribution in [2.24, 2.45) is 0 Å². The minimum Gasteiger partial charge on any atom is -0.340 e. The molecule has 2 aromatic heterocycles. The van der Waals surface area contributed by atoms with Gasteiger partial charge in [-0.05, 0) is 49.9 Å². The summed E-state index contributed by atoms with van der Waals surface area (Å²) >= 11 is 1.57. The van der Waals surface area contributed by atoms with Gasteiger partial charge in [0.1, 0.15) is 16.5 Å². The van der Waals surface area contributed by atoms with Gasteiger partial charge in [-0.1, -0.05) is 26.0 Å². The molecule has 1 aliphatic heterocycles. The van der Waals surface area contributed by atoms with Crippen molar-refractivity contribution in [3.63, 3.8) is 0 Å². The second kappa shape index (κ2) is 8.54. The second-order valence-electron chi connectivity index (χ2n) is 8.71. The summed E-state index contributed by atoms with van der Waals surface area (Å²) in [4.78, 5) is 35.1. The quantitative estimate of drug-likeness (QED) is 0.587. The summed E-state index contributed by atoms with van der Waals surface area (Å²) in [5.74, 6) is 0.503. The number of amides is 1. The molecule has 0 bridgehead atoms. The monoisotopic (exact) mass is 441 g/mol. The van der Waals surface area contributed by atoms with Gasteiger partial charge in [0, 0.05) is 23.9 Å². The maximum atomic E-state index is 13.6. The number of aromatic nitrogens is 2. The zero-order valence-corrected chi connectivity index (χ0v) is 19.3. The number of aryl methyl sites for hydroxylation is 2. The summed E-state index contributed by atoms with van der Waals surface area (Å²) in [6.45, 7) is 9.23. The van der Waals surface area contributed by atoms with Crippen LogP contribution in [0.1, 0.15) is 60.5 Å². The Labute approximate surface area is 185 Å². The number of halogens is 1. The molecular weight excluding hydrogens is 413 g/mol. The molecule has 1 aliphatic rings. The van der Waals surface area contributed by atoms with Crippen LogP contribution in [0.5, 0.6) is 0 Å². The minimum absolute atomic E-state index is 0.0000190. The normalized spacial score (nSPS) is 17.0. The van der Waals surface area contributed by atoms with E-state index in [2.05, 4.69) is 0 Å². The smallest absolute Gasteiger partial charge is 0.262 e. The average Bonchev–Trinajstić information content (AvgIpc) is 3.01. The van der Waals surface area contributed by atoms with Crippen LogP contribution >= 0.6 is 11.3 Å². The third-order valence-corrected chi connectivity index (χ3v) is 7.24. The van der Waals surface area contributed by atoms with Crippen LogP contribution in [0.15, 0.2) is 29.1 Å². The molecule has 4 rings (SSSR count). The second-order valence-corrected chi connectivity index (χ2v) is 9.91. The molecule has 1 amide bonds. The molecule has 3 heterocycles. The molecule has 1 atom stereocenters. The molecule has 0 aliphatic carbocycles. The first kappa shape index (κ1) is 21.7. The molecule has 7 heteroatoms. The molecule has 1 fully saturated rings. The molecule has 0 saturated carbocycles. The highest BCUT2D eigenvalue weighted by molar-refractivity contribution is 7.18. The Kier molecular flexibility index (Phi) is 5.97. The van der Waals surface area contributed by atoms with E-state index in [1.807, 2.05) is 37.2 Å². The Bertz CT molecular complexity index is 1200. The van der Waals surface area contributed by atoms with Gasteiger partial charge < -0.3 is 4.90 Å². The van der Waals surface area contributed by atoms with Gasteiger partial charge in [0.25, 0.3) is 5.56 Å². The van der Waals surface area contributed by atoms with Crippen LogP contribution in [-0.4, -0.2) is 33.4 Å². The average molecular weight is 442 g/mol. The van der Waals surface area contributed by atoms with E-state index in [0.717, 1.165) is 33.9 Å². The highest BCUT2D eigenvalue weighted by Gasteiger charge is 2.29. The van der Waals surface area contributed by atoms with Crippen molar-refractivity contribution >= 4 is 27.5 Å². The first-order valence-electron chi connectivity index (χ1n) is 10.8. The highest BCUT2D eigenvalue weighted by Crippen LogP contribution is 2.30. The van der Waals surface area contributed by atoms with Gasteiger partial charge in [-0.15, -0.1) is 11.3 Å². The summed E-state index contributed by atoms with van der Waals surface area (Å²) < 4.78 is 15.3. The number of piperidine rings is 1. The first-order chi connectivity index (χ1) is 14.8. The van der Waals surface area contributed by atoms with Gasteiger partial charge in [0.05, 0.1) is 17.8 Å². The summed E-state index contributed by atoms with van der Waals surface area (Å²) in [5.41, 5.74) is 1.66. The van der Waals surface area contributed by atoms with Gasteiger partial charge >= 0.3 is 0 Å². The van der Waals surface area contributed by atoms with Crippen molar-refractivity contribution in [2.45, 2.75) is 58.9 Å². The maximum absolute atomic E-state index is 13.6. The number of hydrogen-bond acceptors (Lipinski definition) is 4.